The molecule has 0 bridgehead atoms. The van der Waals surface area contributed by atoms with Gasteiger partial charge in [-0.3, -0.25) is 0 Å². The van der Waals surface area contributed by atoms with Crippen LogP contribution in [0.4, 0.5) is 11.4 Å². The molecule has 0 aliphatic heterocycles. The first-order valence-corrected chi connectivity index (χ1v) is 9.89. The Hall–Kier alpha value is -1.54. The fourth-order valence-corrected chi connectivity index (χ4v) is 2.46. The summed E-state index contributed by atoms with van der Waals surface area (Å²) in [6, 6.07) is 5.13. The van der Waals surface area contributed by atoms with Crippen LogP contribution < -0.4 is 10.6 Å². The SMILES string of the molecule is CCCOCCC(O)CNc1cccc(O)c1NCC(O)CCOCCC. The van der Waals surface area contributed by atoms with E-state index in [0.29, 0.717) is 63.7 Å². The van der Waals surface area contributed by atoms with Gasteiger partial charge in [0, 0.05) is 39.5 Å². The largest absolute Gasteiger partial charge is 0.506 e. The minimum absolute atomic E-state index is 0.0928. The van der Waals surface area contributed by atoms with Crippen LogP contribution in [0.1, 0.15) is 39.5 Å². The summed E-state index contributed by atoms with van der Waals surface area (Å²) in [5.74, 6) is 0.0928. The molecular formula is C20H36N2O5. The molecule has 1 aromatic carbocycles. The fourth-order valence-electron chi connectivity index (χ4n) is 2.46. The van der Waals surface area contributed by atoms with E-state index < -0.39 is 12.2 Å². The molecule has 0 radical (unpaired) electrons. The average Bonchev–Trinajstić information content (AvgIpc) is 2.66. The maximum absolute atomic E-state index is 10.1. The Morgan fingerprint density at radius 1 is 0.852 bits per heavy atom. The normalized spacial score (nSPS) is 13.3. The summed E-state index contributed by atoms with van der Waals surface area (Å²) in [4.78, 5) is 0. The smallest absolute Gasteiger partial charge is 0.140 e. The highest BCUT2D eigenvalue weighted by molar-refractivity contribution is 5.75. The van der Waals surface area contributed by atoms with Gasteiger partial charge in [-0.2, -0.15) is 0 Å². The van der Waals surface area contributed by atoms with E-state index in [2.05, 4.69) is 10.6 Å². The summed E-state index contributed by atoms with van der Waals surface area (Å²) in [6.07, 6.45) is 1.88. The third-order valence-corrected chi connectivity index (χ3v) is 3.97. The summed E-state index contributed by atoms with van der Waals surface area (Å²) in [6.45, 7) is 7.16. The highest BCUT2D eigenvalue weighted by Gasteiger charge is 2.12. The highest BCUT2D eigenvalue weighted by Crippen LogP contribution is 2.31. The van der Waals surface area contributed by atoms with Crippen LogP contribution in [0.15, 0.2) is 18.2 Å². The van der Waals surface area contributed by atoms with E-state index >= 15 is 0 Å². The Labute approximate surface area is 162 Å². The van der Waals surface area contributed by atoms with Crippen molar-refractivity contribution in [3.05, 3.63) is 18.2 Å². The van der Waals surface area contributed by atoms with Crippen molar-refractivity contribution in [1.29, 1.82) is 0 Å². The van der Waals surface area contributed by atoms with E-state index in [0.717, 1.165) is 12.8 Å². The van der Waals surface area contributed by atoms with Crippen molar-refractivity contribution < 1.29 is 24.8 Å². The lowest BCUT2D eigenvalue weighted by Crippen LogP contribution is -2.24. The fraction of sp³-hybridized carbons (Fsp3) is 0.700. The quantitative estimate of drug-likeness (QED) is 0.220. The summed E-state index contributed by atoms with van der Waals surface area (Å²) < 4.78 is 10.8. The molecule has 2 unspecified atom stereocenters. The van der Waals surface area contributed by atoms with E-state index in [4.69, 9.17) is 9.47 Å². The second kappa shape index (κ2) is 14.5. The van der Waals surface area contributed by atoms with Crippen LogP contribution in [-0.2, 0) is 9.47 Å². The molecule has 2 atom stereocenters. The molecule has 0 saturated heterocycles. The number of para-hydroxylation sites is 1. The Morgan fingerprint density at radius 2 is 1.41 bits per heavy atom. The van der Waals surface area contributed by atoms with Crippen molar-refractivity contribution in [3.8, 4) is 5.75 Å². The number of anilines is 2. The zero-order chi connectivity index (χ0) is 19.9. The van der Waals surface area contributed by atoms with Gasteiger partial charge in [0.05, 0.1) is 17.9 Å². The number of phenols is 1. The standard InChI is InChI=1S/C20H36N2O5/c1-3-10-26-12-8-16(23)14-21-18-6-5-7-19(25)20(18)22-15-17(24)9-13-27-11-4-2/h5-7,16-17,21-25H,3-4,8-15H2,1-2H3. The van der Waals surface area contributed by atoms with Gasteiger partial charge in [-0.15, -0.1) is 0 Å². The molecular weight excluding hydrogens is 348 g/mol. The van der Waals surface area contributed by atoms with Crippen LogP contribution >= 0.6 is 0 Å². The topological polar surface area (TPSA) is 103 Å². The first-order chi connectivity index (χ1) is 13.1. The van der Waals surface area contributed by atoms with E-state index in [9.17, 15) is 15.3 Å². The number of hydrogen-bond acceptors (Lipinski definition) is 7. The minimum atomic E-state index is -0.574. The number of benzene rings is 1. The van der Waals surface area contributed by atoms with Gasteiger partial charge in [0.25, 0.3) is 0 Å². The molecule has 0 fully saturated rings. The first kappa shape index (κ1) is 23.5. The second-order valence-electron chi connectivity index (χ2n) is 6.57. The molecule has 1 rings (SSSR count). The molecule has 5 N–H and O–H groups in total. The van der Waals surface area contributed by atoms with Crippen LogP contribution in [-0.4, -0.2) is 67.0 Å². The van der Waals surface area contributed by atoms with Crippen LogP contribution in [0.25, 0.3) is 0 Å². The predicted molar refractivity (Wildman–Crippen MR) is 109 cm³/mol. The van der Waals surface area contributed by atoms with E-state index in [1.165, 1.54) is 0 Å². The van der Waals surface area contributed by atoms with Gasteiger partial charge in [-0.05, 0) is 37.8 Å². The monoisotopic (exact) mass is 384 g/mol. The molecule has 0 aliphatic carbocycles. The van der Waals surface area contributed by atoms with Crippen molar-refractivity contribution >= 4 is 11.4 Å². The summed E-state index contributed by atoms with van der Waals surface area (Å²) in [5.41, 5.74) is 1.19. The highest BCUT2D eigenvalue weighted by atomic mass is 16.5. The predicted octanol–water partition coefficient (Wildman–Crippen LogP) is 2.57. The van der Waals surface area contributed by atoms with E-state index in [1.54, 1.807) is 12.1 Å². The van der Waals surface area contributed by atoms with Crippen molar-refractivity contribution in [2.75, 3.05) is 50.2 Å². The lowest BCUT2D eigenvalue weighted by atomic mass is 10.2. The number of aliphatic hydroxyl groups is 2. The summed E-state index contributed by atoms with van der Waals surface area (Å²) in [7, 11) is 0. The summed E-state index contributed by atoms with van der Waals surface area (Å²) in [5, 5.41) is 36.5. The van der Waals surface area contributed by atoms with Crippen LogP contribution in [0.5, 0.6) is 5.75 Å². The van der Waals surface area contributed by atoms with Crippen molar-refractivity contribution in [2.45, 2.75) is 51.7 Å². The number of aromatic hydroxyl groups is 1. The van der Waals surface area contributed by atoms with Crippen molar-refractivity contribution in [1.82, 2.24) is 0 Å². The third-order valence-electron chi connectivity index (χ3n) is 3.97. The van der Waals surface area contributed by atoms with Crippen LogP contribution in [0.2, 0.25) is 0 Å². The summed E-state index contributed by atoms with van der Waals surface area (Å²) >= 11 is 0. The molecule has 27 heavy (non-hydrogen) atoms. The van der Waals surface area contributed by atoms with E-state index in [-0.39, 0.29) is 5.75 Å². The Morgan fingerprint density at radius 3 is 1.96 bits per heavy atom. The van der Waals surface area contributed by atoms with Crippen molar-refractivity contribution in [3.63, 3.8) is 0 Å². The maximum atomic E-state index is 10.1. The molecule has 0 aromatic heterocycles. The molecule has 0 heterocycles. The number of rotatable bonds is 16. The number of hydrogen-bond donors (Lipinski definition) is 5. The van der Waals surface area contributed by atoms with Gasteiger partial charge < -0.3 is 35.4 Å². The second-order valence-corrected chi connectivity index (χ2v) is 6.57. The van der Waals surface area contributed by atoms with Gasteiger partial charge in [0.1, 0.15) is 11.4 Å². The zero-order valence-corrected chi connectivity index (χ0v) is 16.6. The van der Waals surface area contributed by atoms with E-state index in [1.807, 2.05) is 19.9 Å². The molecule has 7 heteroatoms. The molecule has 1 aromatic rings. The number of nitrogens with one attached hydrogen (secondary N) is 2. The molecule has 0 aliphatic rings. The van der Waals surface area contributed by atoms with Crippen LogP contribution in [0, 0.1) is 0 Å². The van der Waals surface area contributed by atoms with Gasteiger partial charge in [-0.25, -0.2) is 0 Å². The third kappa shape index (κ3) is 10.4. The van der Waals surface area contributed by atoms with Gasteiger partial charge in [0.15, 0.2) is 0 Å². The van der Waals surface area contributed by atoms with Crippen LogP contribution in [0.3, 0.4) is 0 Å². The number of aliphatic hydroxyl groups excluding tert-OH is 2. The van der Waals surface area contributed by atoms with Gasteiger partial charge in [0.2, 0.25) is 0 Å². The maximum Gasteiger partial charge on any atom is 0.140 e. The van der Waals surface area contributed by atoms with Crippen molar-refractivity contribution in [2.24, 2.45) is 0 Å². The average molecular weight is 385 g/mol. The number of ether oxygens (including phenoxy) is 2. The lowest BCUT2D eigenvalue weighted by Gasteiger charge is -2.19. The van der Waals surface area contributed by atoms with Gasteiger partial charge in [-0.1, -0.05) is 19.9 Å². The molecule has 7 nitrogen and oxygen atoms in total. The molecule has 0 amide bonds. The Balaban J connectivity index is 2.44. The number of phenolic OH excluding ortho intramolecular Hbond substituents is 1. The Kier molecular flexibility index (Phi) is 12.6. The zero-order valence-electron chi connectivity index (χ0n) is 16.6. The Bertz CT molecular complexity index is 501. The molecule has 0 spiro atoms. The first-order valence-electron chi connectivity index (χ1n) is 9.89. The molecule has 0 saturated carbocycles. The minimum Gasteiger partial charge on any atom is -0.506 e. The van der Waals surface area contributed by atoms with Gasteiger partial charge >= 0.3 is 0 Å². The molecule has 156 valence electrons. The lowest BCUT2D eigenvalue weighted by molar-refractivity contribution is 0.0868.